The molecule has 0 spiro atoms. The average molecular weight is 442 g/mol. The standard InChI is InChI=1S/C22H31N7O3/c1-22(2,3)32-21(30)29-6-4-27(5-7-29)17-12-18(16-14-24-20(23)25-15-16)26-19(13-17)28-8-10-31-11-9-28/h12-15H,4-11H2,1-3H3,(H2,23,24,25). The van der Waals surface area contributed by atoms with Crippen molar-refractivity contribution in [3.8, 4) is 11.3 Å². The molecule has 2 fully saturated rings. The molecule has 2 N–H and O–H groups in total. The molecule has 0 unspecified atom stereocenters. The van der Waals surface area contributed by atoms with Gasteiger partial charge < -0.3 is 29.9 Å². The molecular weight excluding hydrogens is 410 g/mol. The van der Waals surface area contributed by atoms with Crippen LogP contribution < -0.4 is 15.5 Å². The number of anilines is 3. The fourth-order valence-corrected chi connectivity index (χ4v) is 3.73. The first-order chi connectivity index (χ1) is 15.3. The third-order valence-electron chi connectivity index (χ3n) is 5.40. The fourth-order valence-electron chi connectivity index (χ4n) is 3.73. The van der Waals surface area contributed by atoms with Crippen LogP contribution in [-0.4, -0.2) is 84.0 Å². The second kappa shape index (κ2) is 9.15. The molecule has 32 heavy (non-hydrogen) atoms. The zero-order chi connectivity index (χ0) is 22.7. The molecule has 4 rings (SSSR count). The maximum Gasteiger partial charge on any atom is 0.410 e. The second-order valence-electron chi connectivity index (χ2n) is 8.95. The Bertz CT molecular complexity index is 932. The Morgan fingerprint density at radius 1 is 1.00 bits per heavy atom. The molecule has 2 aromatic heterocycles. The lowest BCUT2D eigenvalue weighted by atomic mass is 10.1. The summed E-state index contributed by atoms with van der Waals surface area (Å²) in [5.41, 5.74) is 7.81. The molecule has 0 aromatic carbocycles. The molecule has 10 nitrogen and oxygen atoms in total. The maximum atomic E-state index is 12.4. The first-order valence-electron chi connectivity index (χ1n) is 10.9. The van der Waals surface area contributed by atoms with Crippen molar-refractivity contribution >= 4 is 23.5 Å². The number of hydrogen-bond donors (Lipinski definition) is 1. The summed E-state index contributed by atoms with van der Waals surface area (Å²) in [6.45, 7) is 11.2. The predicted molar refractivity (Wildman–Crippen MR) is 123 cm³/mol. The zero-order valence-electron chi connectivity index (χ0n) is 19.0. The van der Waals surface area contributed by atoms with Gasteiger partial charge in [0.1, 0.15) is 11.4 Å². The van der Waals surface area contributed by atoms with Gasteiger partial charge in [0.05, 0.1) is 18.9 Å². The normalized spacial score (nSPS) is 17.4. The third kappa shape index (κ3) is 5.37. The fraction of sp³-hybridized carbons (Fsp3) is 0.545. The van der Waals surface area contributed by atoms with Crippen LogP contribution in [0.4, 0.5) is 22.2 Å². The van der Waals surface area contributed by atoms with Crippen molar-refractivity contribution in [1.82, 2.24) is 19.9 Å². The van der Waals surface area contributed by atoms with Gasteiger partial charge in [0, 0.05) is 69.0 Å². The van der Waals surface area contributed by atoms with Crippen LogP contribution in [0, 0.1) is 0 Å². The van der Waals surface area contributed by atoms with E-state index in [0.29, 0.717) is 39.4 Å². The summed E-state index contributed by atoms with van der Waals surface area (Å²) >= 11 is 0. The van der Waals surface area contributed by atoms with Gasteiger partial charge in [0.25, 0.3) is 0 Å². The number of carbonyl (C=O) groups is 1. The molecule has 0 radical (unpaired) electrons. The van der Waals surface area contributed by atoms with E-state index >= 15 is 0 Å². The lowest BCUT2D eigenvalue weighted by Gasteiger charge is -2.37. The molecule has 2 aromatic rings. The van der Waals surface area contributed by atoms with E-state index in [4.69, 9.17) is 20.2 Å². The third-order valence-corrected chi connectivity index (χ3v) is 5.40. The average Bonchev–Trinajstić information content (AvgIpc) is 2.79. The van der Waals surface area contributed by atoms with Crippen LogP contribution in [0.15, 0.2) is 24.5 Å². The van der Waals surface area contributed by atoms with Crippen LogP contribution in [-0.2, 0) is 9.47 Å². The van der Waals surface area contributed by atoms with E-state index in [1.165, 1.54) is 0 Å². The largest absolute Gasteiger partial charge is 0.444 e. The van der Waals surface area contributed by atoms with Gasteiger partial charge in [0.15, 0.2) is 0 Å². The number of rotatable bonds is 3. The van der Waals surface area contributed by atoms with E-state index < -0.39 is 5.60 Å². The van der Waals surface area contributed by atoms with Crippen molar-refractivity contribution in [1.29, 1.82) is 0 Å². The van der Waals surface area contributed by atoms with Crippen LogP contribution in [0.5, 0.6) is 0 Å². The highest BCUT2D eigenvalue weighted by Gasteiger charge is 2.27. The van der Waals surface area contributed by atoms with Gasteiger partial charge in [-0.2, -0.15) is 0 Å². The first kappa shape index (κ1) is 22.1. The minimum Gasteiger partial charge on any atom is -0.444 e. The van der Waals surface area contributed by atoms with Crippen molar-refractivity contribution < 1.29 is 14.3 Å². The summed E-state index contributed by atoms with van der Waals surface area (Å²) in [5, 5.41) is 0. The molecule has 2 aliphatic rings. The monoisotopic (exact) mass is 441 g/mol. The number of pyridine rings is 1. The molecule has 4 heterocycles. The van der Waals surface area contributed by atoms with Gasteiger partial charge in [-0.1, -0.05) is 0 Å². The highest BCUT2D eigenvalue weighted by atomic mass is 16.6. The number of nitrogen functional groups attached to an aromatic ring is 1. The van der Waals surface area contributed by atoms with Gasteiger partial charge in [-0.15, -0.1) is 0 Å². The lowest BCUT2D eigenvalue weighted by molar-refractivity contribution is 0.0240. The summed E-state index contributed by atoms with van der Waals surface area (Å²) in [6, 6.07) is 4.15. The van der Waals surface area contributed by atoms with E-state index in [0.717, 1.165) is 35.9 Å². The molecule has 0 saturated carbocycles. The second-order valence-corrected chi connectivity index (χ2v) is 8.95. The number of morpholine rings is 1. The minimum absolute atomic E-state index is 0.233. The maximum absolute atomic E-state index is 12.4. The highest BCUT2D eigenvalue weighted by molar-refractivity contribution is 5.70. The summed E-state index contributed by atoms with van der Waals surface area (Å²) in [5.74, 6) is 1.13. The molecular formula is C22H31N7O3. The number of carbonyl (C=O) groups excluding carboxylic acids is 1. The van der Waals surface area contributed by atoms with Crippen LogP contribution in [0.2, 0.25) is 0 Å². The number of nitrogens with two attached hydrogens (primary N) is 1. The van der Waals surface area contributed by atoms with E-state index in [1.807, 2.05) is 26.8 Å². The Labute approximate surface area is 188 Å². The van der Waals surface area contributed by atoms with Gasteiger partial charge in [-0.05, 0) is 26.8 Å². The number of amides is 1. The zero-order valence-corrected chi connectivity index (χ0v) is 19.0. The first-order valence-corrected chi connectivity index (χ1v) is 10.9. The highest BCUT2D eigenvalue weighted by Crippen LogP contribution is 2.29. The topological polar surface area (TPSA) is 110 Å². The number of hydrogen-bond acceptors (Lipinski definition) is 9. The Morgan fingerprint density at radius 2 is 1.66 bits per heavy atom. The summed E-state index contributed by atoms with van der Waals surface area (Å²) in [6.07, 6.45) is 3.12. The van der Waals surface area contributed by atoms with Gasteiger partial charge in [0.2, 0.25) is 5.95 Å². The Balaban J connectivity index is 1.55. The van der Waals surface area contributed by atoms with Crippen molar-refractivity contribution in [3.63, 3.8) is 0 Å². The molecule has 0 atom stereocenters. The summed E-state index contributed by atoms with van der Waals surface area (Å²) in [7, 11) is 0. The van der Waals surface area contributed by atoms with Crippen LogP contribution in [0.25, 0.3) is 11.3 Å². The minimum atomic E-state index is -0.498. The van der Waals surface area contributed by atoms with E-state index in [1.54, 1.807) is 17.3 Å². The summed E-state index contributed by atoms with van der Waals surface area (Å²) < 4.78 is 11.0. The summed E-state index contributed by atoms with van der Waals surface area (Å²) in [4.78, 5) is 31.8. The Kier molecular flexibility index (Phi) is 6.31. The van der Waals surface area contributed by atoms with Crippen LogP contribution in [0.3, 0.4) is 0 Å². The molecule has 2 aliphatic heterocycles. The molecule has 0 bridgehead atoms. The van der Waals surface area contributed by atoms with E-state index in [9.17, 15) is 4.79 Å². The van der Waals surface area contributed by atoms with Gasteiger partial charge in [-0.3, -0.25) is 0 Å². The smallest absolute Gasteiger partial charge is 0.410 e. The van der Waals surface area contributed by atoms with Crippen molar-refractivity contribution in [2.45, 2.75) is 26.4 Å². The molecule has 2 saturated heterocycles. The number of nitrogens with zero attached hydrogens (tertiary/aromatic N) is 6. The number of aromatic nitrogens is 3. The number of ether oxygens (including phenoxy) is 2. The Morgan fingerprint density at radius 3 is 2.28 bits per heavy atom. The predicted octanol–water partition coefficient (Wildman–Crippen LogP) is 2.01. The van der Waals surface area contributed by atoms with Crippen LogP contribution in [0.1, 0.15) is 20.8 Å². The van der Waals surface area contributed by atoms with Crippen molar-refractivity contribution in [2.24, 2.45) is 0 Å². The molecule has 172 valence electrons. The van der Waals surface area contributed by atoms with Crippen LogP contribution >= 0.6 is 0 Å². The van der Waals surface area contributed by atoms with E-state index in [2.05, 4.69) is 25.8 Å². The molecule has 1 amide bonds. The molecule has 0 aliphatic carbocycles. The SMILES string of the molecule is CC(C)(C)OC(=O)N1CCN(c2cc(-c3cnc(N)nc3)nc(N3CCOCC3)c2)CC1. The van der Waals surface area contributed by atoms with Crippen molar-refractivity contribution in [3.05, 3.63) is 24.5 Å². The van der Waals surface area contributed by atoms with Gasteiger partial charge in [-0.25, -0.2) is 19.7 Å². The quantitative estimate of drug-likeness (QED) is 0.765. The van der Waals surface area contributed by atoms with Crippen molar-refractivity contribution in [2.75, 3.05) is 68.0 Å². The van der Waals surface area contributed by atoms with Gasteiger partial charge >= 0.3 is 6.09 Å². The molecule has 10 heteroatoms. The number of piperazine rings is 1. The lowest BCUT2D eigenvalue weighted by Crippen LogP contribution is -2.50. The Hall–Kier alpha value is -3.14. The van der Waals surface area contributed by atoms with E-state index in [-0.39, 0.29) is 12.0 Å².